The second-order valence-corrected chi connectivity index (χ2v) is 5.97. The lowest BCUT2D eigenvalue weighted by molar-refractivity contribution is 0.0953. The Bertz CT molecular complexity index is 845. The number of fused-ring (bicyclic) bond motifs is 1. The lowest BCUT2D eigenvalue weighted by Gasteiger charge is -2.06. The second-order valence-electron chi connectivity index (χ2n) is 5.16. The highest BCUT2D eigenvalue weighted by molar-refractivity contribution is 6.42. The molecule has 3 rings (SSSR count). The van der Waals surface area contributed by atoms with Gasteiger partial charge in [-0.15, -0.1) is 0 Å². The first-order valence-corrected chi connectivity index (χ1v) is 8.05. The fraction of sp³-hybridized carbons (Fsp3) is 0.176. The zero-order chi connectivity index (χ0) is 16.2. The van der Waals surface area contributed by atoms with Crippen molar-refractivity contribution in [1.82, 2.24) is 14.7 Å². The third-order valence-electron chi connectivity index (χ3n) is 3.56. The van der Waals surface area contributed by atoms with Gasteiger partial charge in [-0.05, 0) is 36.8 Å². The van der Waals surface area contributed by atoms with Crippen molar-refractivity contribution in [3.63, 3.8) is 0 Å². The molecule has 0 spiro atoms. The summed E-state index contributed by atoms with van der Waals surface area (Å²) in [5, 5.41) is 3.70. The molecular weight excluding hydrogens is 333 g/mol. The summed E-state index contributed by atoms with van der Waals surface area (Å²) in [5.41, 5.74) is 1.58. The molecule has 0 fully saturated rings. The maximum Gasteiger partial charge on any atom is 0.251 e. The third-order valence-corrected chi connectivity index (χ3v) is 4.30. The Morgan fingerprint density at radius 1 is 1.17 bits per heavy atom. The van der Waals surface area contributed by atoms with Crippen molar-refractivity contribution in [2.24, 2.45) is 0 Å². The normalized spacial score (nSPS) is 10.9. The van der Waals surface area contributed by atoms with Gasteiger partial charge in [-0.2, -0.15) is 0 Å². The molecule has 118 valence electrons. The summed E-state index contributed by atoms with van der Waals surface area (Å²) >= 11 is 11.8. The Kier molecular flexibility index (Phi) is 4.84. The van der Waals surface area contributed by atoms with Gasteiger partial charge in [0.1, 0.15) is 5.82 Å². The Hall–Kier alpha value is -2.04. The zero-order valence-corrected chi connectivity index (χ0v) is 13.8. The molecule has 0 bridgehead atoms. The van der Waals surface area contributed by atoms with E-state index in [4.69, 9.17) is 23.2 Å². The smallest absolute Gasteiger partial charge is 0.251 e. The van der Waals surface area contributed by atoms with Crippen LogP contribution in [0.15, 0.2) is 48.8 Å². The number of hydrogen-bond acceptors (Lipinski definition) is 2. The summed E-state index contributed by atoms with van der Waals surface area (Å²) in [7, 11) is 0. The van der Waals surface area contributed by atoms with Gasteiger partial charge in [0.25, 0.3) is 5.91 Å². The van der Waals surface area contributed by atoms with E-state index in [0.29, 0.717) is 22.2 Å². The molecule has 1 aromatic carbocycles. The highest BCUT2D eigenvalue weighted by Gasteiger charge is 2.08. The number of carbonyl (C=O) groups excluding carboxylic acids is 1. The van der Waals surface area contributed by atoms with Crippen LogP contribution in [0.25, 0.3) is 5.52 Å². The van der Waals surface area contributed by atoms with Gasteiger partial charge < -0.3 is 9.72 Å². The van der Waals surface area contributed by atoms with Crippen LogP contribution in [-0.4, -0.2) is 21.8 Å². The molecule has 0 atom stereocenters. The van der Waals surface area contributed by atoms with E-state index in [2.05, 4.69) is 14.7 Å². The maximum atomic E-state index is 12.0. The Morgan fingerprint density at radius 2 is 2.04 bits per heavy atom. The minimum Gasteiger partial charge on any atom is -0.352 e. The summed E-state index contributed by atoms with van der Waals surface area (Å²) < 4.78 is 2.06. The number of halogens is 2. The first-order chi connectivity index (χ1) is 11.1. The van der Waals surface area contributed by atoms with Gasteiger partial charge in [-0.25, -0.2) is 4.98 Å². The van der Waals surface area contributed by atoms with Crippen LogP contribution in [0.1, 0.15) is 22.6 Å². The minimum absolute atomic E-state index is 0.156. The fourth-order valence-electron chi connectivity index (χ4n) is 2.37. The van der Waals surface area contributed by atoms with E-state index >= 15 is 0 Å². The van der Waals surface area contributed by atoms with Gasteiger partial charge in [0.15, 0.2) is 0 Å². The van der Waals surface area contributed by atoms with Crippen LogP contribution in [0.2, 0.25) is 10.0 Å². The predicted octanol–water partition coefficient (Wildman–Crippen LogP) is 4.00. The van der Waals surface area contributed by atoms with Gasteiger partial charge in [-0.3, -0.25) is 4.79 Å². The Morgan fingerprint density at radius 3 is 2.87 bits per heavy atom. The monoisotopic (exact) mass is 347 g/mol. The number of nitrogens with one attached hydrogen (secondary N) is 1. The highest BCUT2D eigenvalue weighted by atomic mass is 35.5. The van der Waals surface area contributed by atoms with Crippen molar-refractivity contribution >= 4 is 34.6 Å². The molecule has 23 heavy (non-hydrogen) atoms. The fourth-order valence-corrected chi connectivity index (χ4v) is 2.67. The molecule has 0 radical (unpaired) electrons. The molecule has 0 saturated heterocycles. The van der Waals surface area contributed by atoms with Crippen LogP contribution in [0, 0.1) is 0 Å². The second kappa shape index (κ2) is 7.02. The van der Waals surface area contributed by atoms with Crippen molar-refractivity contribution in [2.75, 3.05) is 6.54 Å². The average molecular weight is 348 g/mol. The largest absolute Gasteiger partial charge is 0.352 e. The molecule has 2 heterocycles. The summed E-state index contributed by atoms with van der Waals surface area (Å²) in [4.78, 5) is 16.5. The summed E-state index contributed by atoms with van der Waals surface area (Å²) in [6.45, 7) is 0.570. The van der Waals surface area contributed by atoms with Crippen molar-refractivity contribution in [3.8, 4) is 0 Å². The molecule has 1 amide bonds. The number of aryl methyl sites for hydroxylation is 1. The van der Waals surface area contributed by atoms with Crippen molar-refractivity contribution in [2.45, 2.75) is 12.8 Å². The molecule has 1 N–H and O–H groups in total. The summed E-state index contributed by atoms with van der Waals surface area (Å²) in [5.74, 6) is 0.834. The molecule has 4 nitrogen and oxygen atoms in total. The number of pyridine rings is 1. The van der Waals surface area contributed by atoms with Gasteiger partial charge in [0.2, 0.25) is 0 Å². The third kappa shape index (κ3) is 3.66. The SMILES string of the molecule is O=C(NCCCc1ncc2ccccn12)c1ccc(Cl)c(Cl)c1. The number of amides is 1. The molecule has 0 aliphatic rings. The molecule has 0 aliphatic carbocycles. The first-order valence-electron chi connectivity index (χ1n) is 7.29. The van der Waals surface area contributed by atoms with Gasteiger partial charge in [-0.1, -0.05) is 29.3 Å². The van der Waals surface area contributed by atoms with Crippen LogP contribution < -0.4 is 5.32 Å². The lowest BCUT2D eigenvalue weighted by Crippen LogP contribution is -2.24. The quantitative estimate of drug-likeness (QED) is 0.709. The number of imidazole rings is 1. The molecule has 2 aromatic heterocycles. The maximum absolute atomic E-state index is 12.0. The standard InChI is InChI=1S/C17H15Cl2N3O/c18-14-7-6-12(10-15(14)19)17(23)20-8-3-5-16-21-11-13-4-1-2-9-22(13)16/h1-2,4,6-7,9-11H,3,5,8H2,(H,20,23). The van der Waals surface area contributed by atoms with E-state index in [1.165, 1.54) is 0 Å². The van der Waals surface area contributed by atoms with E-state index in [1.807, 2.05) is 30.6 Å². The van der Waals surface area contributed by atoms with E-state index in [1.54, 1.807) is 18.2 Å². The summed E-state index contributed by atoms with van der Waals surface area (Å²) in [6, 6.07) is 10.8. The van der Waals surface area contributed by atoms with Crippen LogP contribution in [0.5, 0.6) is 0 Å². The number of benzene rings is 1. The van der Waals surface area contributed by atoms with Crippen molar-refractivity contribution in [3.05, 3.63) is 70.2 Å². The Labute approximate surface area is 144 Å². The van der Waals surface area contributed by atoms with E-state index in [-0.39, 0.29) is 5.91 Å². The molecular formula is C17H15Cl2N3O. The van der Waals surface area contributed by atoms with Gasteiger partial charge in [0, 0.05) is 24.7 Å². The van der Waals surface area contributed by atoms with E-state index in [0.717, 1.165) is 24.2 Å². The minimum atomic E-state index is -0.156. The molecule has 3 aromatic rings. The highest BCUT2D eigenvalue weighted by Crippen LogP contribution is 2.22. The lowest BCUT2D eigenvalue weighted by atomic mass is 10.2. The van der Waals surface area contributed by atoms with Crippen LogP contribution in [-0.2, 0) is 6.42 Å². The molecule has 0 aliphatic heterocycles. The number of aromatic nitrogens is 2. The predicted molar refractivity (Wildman–Crippen MR) is 92.3 cm³/mol. The van der Waals surface area contributed by atoms with Crippen LogP contribution in [0.3, 0.4) is 0 Å². The topological polar surface area (TPSA) is 46.4 Å². The van der Waals surface area contributed by atoms with Crippen LogP contribution in [0.4, 0.5) is 0 Å². The molecule has 0 saturated carbocycles. The number of hydrogen-bond donors (Lipinski definition) is 1. The van der Waals surface area contributed by atoms with Gasteiger partial charge in [0.05, 0.1) is 21.8 Å². The molecule has 6 heteroatoms. The molecule has 0 unspecified atom stereocenters. The number of nitrogens with zero attached hydrogens (tertiary/aromatic N) is 2. The summed E-state index contributed by atoms with van der Waals surface area (Å²) in [6.07, 6.45) is 5.44. The van der Waals surface area contributed by atoms with Crippen LogP contribution >= 0.6 is 23.2 Å². The van der Waals surface area contributed by atoms with E-state index < -0.39 is 0 Å². The first kappa shape index (κ1) is 15.8. The van der Waals surface area contributed by atoms with Crippen molar-refractivity contribution in [1.29, 1.82) is 0 Å². The van der Waals surface area contributed by atoms with E-state index in [9.17, 15) is 4.79 Å². The van der Waals surface area contributed by atoms with Gasteiger partial charge >= 0.3 is 0 Å². The Balaban J connectivity index is 1.53. The number of carbonyl (C=O) groups is 1. The van der Waals surface area contributed by atoms with Crippen molar-refractivity contribution < 1.29 is 4.79 Å². The zero-order valence-electron chi connectivity index (χ0n) is 12.3. The number of rotatable bonds is 5. The average Bonchev–Trinajstić information content (AvgIpc) is 2.97.